The Morgan fingerprint density at radius 3 is 2.29 bits per heavy atom. The third-order valence-corrected chi connectivity index (χ3v) is 7.38. The summed E-state index contributed by atoms with van der Waals surface area (Å²) >= 11 is 0. The Balaban J connectivity index is 1.66. The number of hydrogen-bond acceptors (Lipinski definition) is 4. The first-order valence-corrected chi connectivity index (χ1v) is 9.97. The Morgan fingerprint density at radius 1 is 1.17 bits per heavy atom. The molecule has 1 saturated carbocycles. The summed E-state index contributed by atoms with van der Waals surface area (Å²) in [6, 6.07) is 8.07. The van der Waals surface area contributed by atoms with Gasteiger partial charge >= 0.3 is 5.97 Å². The van der Waals surface area contributed by atoms with Gasteiger partial charge in [-0.2, -0.15) is 4.31 Å². The summed E-state index contributed by atoms with van der Waals surface area (Å²) in [7, 11) is -3.54. The molecule has 132 valence electrons. The summed E-state index contributed by atoms with van der Waals surface area (Å²) in [6.45, 7) is 4.12. The van der Waals surface area contributed by atoms with Crippen LogP contribution in [0.15, 0.2) is 24.3 Å². The molecule has 1 saturated heterocycles. The highest BCUT2D eigenvalue weighted by molar-refractivity contribution is 7.89. The molecule has 0 bridgehead atoms. The zero-order valence-corrected chi connectivity index (χ0v) is 14.8. The maximum Gasteiger partial charge on any atom is 0.310 e. The van der Waals surface area contributed by atoms with Gasteiger partial charge in [0.2, 0.25) is 10.0 Å². The van der Waals surface area contributed by atoms with Crippen LogP contribution in [0.1, 0.15) is 24.8 Å². The number of aliphatic carboxylic acids is 1. The van der Waals surface area contributed by atoms with Crippen LogP contribution < -0.4 is 4.90 Å². The lowest BCUT2D eigenvalue weighted by Gasteiger charge is -2.41. The fraction of sp³-hybridized carbons (Fsp3) is 0.588. The number of para-hydroxylation sites is 1. The minimum absolute atomic E-state index is 0.264. The summed E-state index contributed by atoms with van der Waals surface area (Å²) in [4.78, 5) is 13.6. The van der Waals surface area contributed by atoms with Crippen molar-refractivity contribution in [1.82, 2.24) is 4.31 Å². The highest BCUT2D eigenvalue weighted by Gasteiger charge is 2.49. The number of piperazine rings is 1. The molecule has 7 heteroatoms. The molecule has 0 aromatic heterocycles. The fourth-order valence-corrected chi connectivity index (χ4v) is 5.60. The van der Waals surface area contributed by atoms with Crippen LogP contribution in [0, 0.1) is 12.3 Å². The van der Waals surface area contributed by atoms with Crippen molar-refractivity contribution in [3.63, 3.8) is 0 Å². The molecule has 0 amide bonds. The van der Waals surface area contributed by atoms with Crippen LogP contribution in [0.2, 0.25) is 0 Å². The van der Waals surface area contributed by atoms with Crippen molar-refractivity contribution in [3.8, 4) is 0 Å². The third-order valence-electron chi connectivity index (χ3n) is 5.31. The molecule has 6 nitrogen and oxygen atoms in total. The van der Waals surface area contributed by atoms with Crippen molar-refractivity contribution in [2.24, 2.45) is 5.41 Å². The average Bonchev–Trinajstić information content (AvgIpc) is 2.51. The van der Waals surface area contributed by atoms with Crippen LogP contribution in [0.4, 0.5) is 5.69 Å². The second kappa shape index (κ2) is 6.37. The maximum absolute atomic E-state index is 12.7. The first-order valence-electron chi connectivity index (χ1n) is 8.36. The van der Waals surface area contributed by atoms with Gasteiger partial charge in [0, 0.05) is 31.9 Å². The fourth-order valence-electron chi connectivity index (χ4n) is 3.59. The third kappa shape index (κ3) is 3.15. The Hall–Kier alpha value is -1.60. The highest BCUT2D eigenvalue weighted by atomic mass is 32.2. The predicted octanol–water partition coefficient (Wildman–Crippen LogP) is 1.70. The number of benzene rings is 1. The molecule has 1 aliphatic carbocycles. The van der Waals surface area contributed by atoms with Crippen LogP contribution in [-0.4, -0.2) is 55.7 Å². The number of sulfonamides is 1. The average molecular weight is 352 g/mol. The van der Waals surface area contributed by atoms with E-state index in [0.29, 0.717) is 39.0 Å². The molecular formula is C17H24N2O4S. The topological polar surface area (TPSA) is 77.9 Å². The Labute approximate surface area is 143 Å². The van der Waals surface area contributed by atoms with Crippen LogP contribution in [0.3, 0.4) is 0 Å². The SMILES string of the molecule is Cc1ccccc1N1CCN(S(=O)(=O)CC2(C(=O)O)CCC2)CC1. The van der Waals surface area contributed by atoms with Gasteiger partial charge in [0.15, 0.2) is 0 Å². The van der Waals surface area contributed by atoms with Crippen LogP contribution in [0.25, 0.3) is 0 Å². The molecule has 0 atom stereocenters. The van der Waals surface area contributed by atoms with Crippen molar-refractivity contribution < 1.29 is 18.3 Å². The van der Waals surface area contributed by atoms with Gasteiger partial charge in [-0.3, -0.25) is 4.79 Å². The van der Waals surface area contributed by atoms with Gasteiger partial charge in [-0.25, -0.2) is 8.42 Å². The molecule has 1 aromatic carbocycles. The summed E-state index contributed by atoms with van der Waals surface area (Å²) < 4.78 is 26.8. The zero-order chi connectivity index (χ0) is 17.4. The van der Waals surface area contributed by atoms with Gasteiger partial charge in [0.05, 0.1) is 11.2 Å². The molecule has 24 heavy (non-hydrogen) atoms. The number of carboxylic acids is 1. The van der Waals surface area contributed by atoms with Gasteiger partial charge in [-0.05, 0) is 31.4 Å². The van der Waals surface area contributed by atoms with Gasteiger partial charge < -0.3 is 10.0 Å². The Bertz CT molecular complexity index is 720. The number of aryl methyl sites for hydroxylation is 1. The van der Waals surface area contributed by atoms with E-state index in [-0.39, 0.29) is 5.75 Å². The van der Waals surface area contributed by atoms with E-state index in [9.17, 15) is 18.3 Å². The van der Waals surface area contributed by atoms with E-state index in [1.165, 1.54) is 9.87 Å². The molecule has 1 heterocycles. The zero-order valence-electron chi connectivity index (χ0n) is 13.9. The number of nitrogens with zero attached hydrogens (tertiary/aromatic N) is 2. The highest BCUT2D eigenvalue weighted by Crippen LogP contribution is 2.42. The molecule has 1 aliphatic heterocycles. The second-order valence-corrected chi connectivity index (χ2v) is 8.84. The predicted molar refractivity (Wildman–Crippen MR) is 92.7 cm³/mol. The van der Waals surface area contributed by atoms with Crippen LogP contribution >= 0.6 is 0 Å². The largest absolute Gasteiger partial charge is 0.481 e. The number of hydrogen-bond donors (Lipinski definition) is 1. The molecule has 0 radical (unpaired) electrons. The molecule has 1 aromatic rings. The van der Waals surface area contributed by atoms with Crippen molar-refractivity contribution in [2.75, 3.05) is 36.8 Å². The van der Waals surface area contributed by atoms with E-state index < -0.39 is 21.4 Å². The first kappa shape index (κ1) is 17.2. The summed E-state index contributed by atoms with van der Waals surface area (Å²) in [6.07, 6.45) is 1.72. The minimum Gasteiger partial charge on any atom is -0.481 e. The van der Waals surface area contributed by atoms with E-state index in [1.807, 2.05) is 31.2 Å². The summed E-state index contributed by atoms with van der Waals surface area (Å²) in [5, 5.41) is 9.38. The van der Waals surface area contributed by atoms with Crippen molar-refractivity contribution in [3.05, 3.63) is 29.8 Å². The number of carbonyl (C=O) groups is 1. The molecule has 2 aliphatic rings. The minimum atomic E-state index is -3.54. The van der Waals surface area contributed by atoms with E-state index >= 15 is 0 Å². The van der Waals surface area contributed by atoms with Crippen molar-refractivity contribution >= 4 is 21.7 Å². The summed E-state index contributed by atoms with van der Waals surface area (Å²) in [5.41, 5.74) is 1.25. The normalized spacial score (nSPS) is 21.3. The lowest BCUT2D eigenvalue weighted by Crippen LogP contribution is -2.53. The number of rotatable bonds is 5. The Morgan fingerprint density at radius 2 is 1.79 bits per heavy atom. The molecule has 0 spiro atoms. The molecule has 2 fully saturated rings. The van der Waals surface area contributed by atoms with Gasteiger partial charge in [0.1, 0.15) is 0 Å². The quantitative estimate of drug-likeness (QED) is 0.873. The van der Waals surface area contributed by atoms with E-state index in [4.69, 9.17) is 0 Å². The van der Waals surface area contributed by atoms with Crippen molar-refractivity contribution in [2.45, 2.75) is 26.2 Å². The van der Waals surface area contributed by atoms with Gasteiger partial charge in [-0.1, -0.05) is 24.6 Å². The number of anilines is 1. The number of carboxylic acid groups (broad SMARTS) is 1. The maximum atomic E-state index is 12.7. The lowest BCUT2D eigenvalue weighted by atomic mass is 9.70. The smallest absolute Gasteiger partial charge is 0.310 e. The lowest BCUT2D eigenvalue weighted by molar-refractivity contribution is -0.152. The molecular weight excluding hydrogens is 328 g/mol. The monoisotopic (exact) mass is 352 g/mol. The summed E-state index contributed by atoms with van der Waals surface area (Å²) in [5.74, 6) is -1.24. The molecule has 3 rings (SSSR count). The van der Waals surface area contributed by atoms with Crippen LogP contribution in [-0.2, 0) is 14.8 Å². The van der Waals surface area contributed by atoms with E-state index in [2.05, 4.69) is 4.90 Å². The second-order valence-electron chi connectivity index (χ2n) is 6.87. The molecule has 1 N–H and O–H groups in total. The van der Waals surface area contributed by atoms with Gasteiger partial charge in [0.25, 0.3) is 0 Å². The van der Waals surface area contributed by atoms with Crippen molar-refractivity contribution in [1.29, 1.82) is 0 Å². The Kier molecular flexibility index (Phi) is 4.57. The van der Waals surface area contributed by atoms with E-state index in [0.717, 1.165) is 12.1 Å². The van der Waals surface area contributed by atoms with Crippen LogP contribution in [0.5, 0.6) is 0 Å². The molecule has 0 unspecified atom stereocenters. The van der Waals surface area contributed by atoms with E-state index in [1.54, 1.807) is 0 Å². The standard InChI is InChI=1S/C17H24N2O4S/c1-14-5-2-3-6-15(14)18-9-11-19(12-10-18)24(22,23)13-17(16(20)21)7-4-8-17/h2-3,5-6H,4,7-13H2,1H3,(H,20,21). The van der Waals surface area contributed by atoms with Gasteiger partial charge in [-0.15, -0.1) is 0 Å². The first-order chi connectivity index (χ1) is 11.3.